The monoisotopic (exact) mass is 445 g/mol. The Morgan fingerprint density at radius 3 is 2.00 bits per heavy atom. The summed E-state index contributed by atoms with van der Waals surface area (Å²) in [4.78, 5) is 21.3. The van der Waals surface area contributed by atoms with E-state index in [1.54, 1.807) is 43.3 Å². The van der Waals surface area contributed by atoms with Gasteiger partial charge in [-0.25, -0.2) is 0 Å². The van der Waals surface area contributed by atoms with E-state index in [1.807, 2.05) is 36.4 Å². The number of halogens is 2. The Morgan fingerprint density at radius 1 is 0.867 bits per heavy atom. The number of nitrogens with one attached hydrogen (secondary N) is 1. The summed E-state index contributed by atoms with van der Waals surface area (Å²) in [6, 6.07) is 21.5. The molecule has 0 saturated heterocycles. The molecule has 0 bridgehead atoms. The van der Waals surface area contributed by atoms with Crippen molar-refractivity contribution in [2.45, 2.75) is 19.3 Å². The van der Waals surface area contributed by atoms with Gasteiger partial charge in [-0.2, -0.15) is 0 Å². The summed E-state index contributed by atoms with van der Waals surface area (Å²) in [6.07, 6.45) is -0.0642. The third kappa shape index (κ3) is 6.79. The van der Waals surface area contributed by atoms with Gasteiger partial charge in [-0.1, -0.05) is 77.8 Å². The van der Waals surface area contributed by atoms with Gasteiger partial charge in [-0.15, -0.1) is 0 Å². The zero-order chi connectivity index (χ0) is 22.1. The number of aliphatic carboxylic acids is 2. The lowest BCUT2D eigenvalue weighted by Gasteiger charge is -2.13. The summed E-state index contributed by atoms with van der Waals surface area (Å²) >= 11 is 12.1. The van der Waals surface area contributed by atoms with E-state index >= 15 is 0 Å². The van der Waals surface area contributed by atoms with Crippen molar-refractivity contribution in [3.8, 4) is 0 Å². The number of hydrogen-bond donors (Lipinski definition) is 3. The lowest BCUT2D eigenvalue weighted by molar-refractivity contribution is -0.138. The molecule has 3 aromatic rings. The van der Waals surface area contributed by atoms with Crippen molar-refractivity contribution in [1.29, 1.82) is 0 Å². The molecule has 3 N–H and O–H groups in total. The number of benzene rings is 3. The number of anilines is 2. The molecule has 0 saturated carbocycles. The van der Waals surface area contributed by atoms with Crippen LogP contribution >= 0.6 is 23.2 Å². The molecule has 0 heterocycles. The summed E-state index contributed by atoms with van der Waals surface area (Å²) in [5.41, 5.74) is 2.77. The van der Waals surface area contributed by atoms with Crippen LogP contribution in [0.15, 0.2) is 72.8 Å². The van der Waals surface area contributed by atoms with Gasteiger partial charge in [0.05, 0.1) is 28.1 Å². The summed E-state index contributed by atoms with van der Waals surface area (Å²) in [6.45, 7) is 1.68. The van der Waals surface area contributed by atoms with Crippen LogP contribution in [0.5, 0.6) is 0 Å². The molecule has 30 heavy (non-hydrogen) atoms. The molecule has 0 aliphatic heterocycles. The Morgan fingerprint density at radius 2 is 1.43 bits per heavy atom. The largest absolute Gasteiger partial charge is 0.481 e. The standard InChI is InChI=1S/C14H11Cl2NO2.C9H10O2/c15-10-5-3-6-11(16)14(10)17-12-7-2-1-4-9(12)8-13(18)19;1-7(9(10)11)8-5-3-2-4-6-8/h1-7,17H,8H2,(H,18,19);2-7H,1H3,(H,10,11). The molecule has 0 fully saturated rings. The Hall–Kier alpha value is -3.02. The maximum atomic E-state index is 10.8. The molecule has 0 aliphatic rings. The minimum atomic E-state index is -0.889. The number of rotatable bonds is 6. The number of para-hydroxylation sites is 2. The summed E-state index contributed by atoms with van der Waals surface area (Å²) < 4.78 is 0. The van der Waals surface area contributed by atoms with Gasteiger partial charge in [-0.05, 0) is 36.2 Å². The van der Waals surface area contributed by atoms with E-state index in [2.05, 4.69) is 5.32 Å². The van der Waals surface area contributed by atoms with Gasteiger partial charge in [0.1, 0.15) is 0 Å². The van der Waals surface area contributed by atoms with Crippen LogP contribution in [-0.4, -0.2) is 22.2 Å². The number of carboxylic acid groups (broad SMARTS) is 2. The van der Waals surface area contributed by atoms with Crippen molar-refractivity contribution in [2.75, 3.05) is 5.32 Å². The minimum Gasteiger partial charge on any atom is -0.481 e. The molecule has 3 rings (SSSR count). The van der Waals surface area contributed by atoms with Gasteiger partial charge in [0.25, 0.3) is 0 Å². The number of carboxylic acids is 2. The molecule has 5 nitrogen and oxygen atoms in total. The normalized spacial score (nSPS) is 11.0. The van der Waals surface area contributed by atoms with Gasteiger partial charge in [0.15, 0.2) is 0 Å². The third-order valence-electron chi connectivity index (χ3n) is 4.25. The molecule has 0 amide bonds. The predicted molar refractivity (Wildman–Crippen MR) is 120 cm³/mol. The van der Waals surface area contributed by atoms with Crippen molar-refractivity contribution < 1.29 is 19.8 Å². The Bertz CT molecular complexity index is 989. The summed E-state index contributed by atoms with van der Waals surface area (Å²) in [5, 5.41) is 21.6. The molecule has 156 valence electrons. The molecule has 3 aromatic carbocycles. The van der Waals surface area contributed by atoms with Gasteiger partial charge < -0.3 is 15.5 Å². The average molecular weight is 446 g/mol. The average Bonchev–Trinajstić information content (AvgIpc) is 2.72. The SMILES string of the molecule is CC(C(=O)O)c1ccccc1.O=C(O)Cc1ccccc1Nc1c(Cl)cccc1Cl. The zero-order valence-electron chi connectivity index (χ0n) is 16.2. The molecular weight excluding hydrogens is 425 g/mol. The Labute approximate surface area is 184 Å². The highest BCUT2D eigenvalue weighted by Gasteiger charge is 2.12. The van der Waals surface area contributed by atoms with Crippen LogP contribution in [0.2, 0.25) is 10.0 Å². The molecule has 1 atom stereocenters. The molecule has 0 aromatic heterocycles. The fourth-order valence-electron chi connectivity index (χ4n) is 2.60. The zero-order valence-corrected chi connectivity index (χ0v) is 17.7. The van der Waals surface area contributed by atoms with Crippen molar-refractivity contribution in [2.24, 2.45) is 0 Å². The van der Waals surface area contributed by atoms with Gasteiger partial charge >= 0.3 is 11.9 Å². The van der Waals surface area contributed by atoms with Crippen LogP contribution < -0.4 is 5.32 Å². The first-order valence-electron chi connectivity index (χ1n) is 9.08. The van der Waals surface area contributed by atoms with Crippen LogP contribution in [0.3, 0.4) is 0 Å². The molecule has 0 radical (unpaired) electrons. The van der Waals surface area contributed by atoms with E-state index in [0.29, 0.717) is 27.0 Å². The van der Waals surface area contributed by atoms with Crippen LogP contribution in [0.25, 0.3) is 0 Å². The lowest BCUT2D eigenvalue weighted by Crippen LogP contribution is -2.06. The molecular formula is C23H21Cl2NO4. The lowest BCUT2D eigenvalue weighted by atomic mass is 10.0. The van der Waals surface area contributed by atoms with Crippen molar-refractivity contribution >= 4 is 46.5 Å². The maximum Gasteiger partial charge on any atom is 0.310 e. The fraction of sp³-hybridized carbons (Fsp3) is 0.130. The highest BCUT2D eigenvalue weighted by molar-refractivity contribution is 6.39. The van der Waals surface area contributed by atoms with Crippen LogP contribution in [0.4, 0.5) is 11.4 Å². The molecule has 1 unspecified atom stereocenters. The summed E-state index contributed by atoms with van der Waals surface area (Å²) in [5.74, 6) is -2.08. The van der Waals surface area contributed by atoms with E-state index in [4.69, 9.17) is 33.4 Å². The Kier molecular flexibility index (Phi) is 8.71. The smallest absolute Gasteiger partial charge is 0.310 e. The maximum absolute atomic E-state index is 10.8. The van der Waals surface area contributed by atoms with Gasteiger partial charge in [0.2, 0.25) is 0 Å². The van der Waals surface area contributed by atoms with E-state index in [0.717, 1.165) is 5.56 Å². The molecule has 0 spiro atoms. The fourth-order valence-corrected chi connectivity index (χ4v) is 3.09. The van der Waals surface area contributed by atoms with E-state index in [-0.39, 0.29) is 6.42 Å². The second-order valence-corrected chi connectivity index (χ2v) is 7.23. The third-order valence-corrected chi connectivity index (χ3v) is 4.88. The topological polar surface area (TPSA) is 86.6 Å². The number of carbonyl (C=O) groups is 2. The highest BCUT2D eigenvalue weighted by Crippen LogP contribution is 2.33. The van der Waals surface area contributed by atoms with Crippen molar-refractivity contribution in [3.63, 3.8) is 0 Å². The first kappa shape index (κ1) is 23.3. The van der Waals surface area contributed by atoms with E-state index < -0.39 is 17.9 Å². The van der Waals surface area contributed by atoms with Crippen molar-refractivity contribution in [1.82, 2.24) is 0 Å². The summed E-state index contributed by atoms with van der Waals surface area (Å²) in [7, 11) is 0. The second kappa shape index (κ2) is 11.2. The number of hydrogen-bond acceptors (Lipinski definition) is 3. The highest BCUT2D eigenvalue weighted by atomic mass is 35.5. The first-order valence-corrected chi connectivity index (χ1v) is 9.83. The van der Waals surface area contributed by atoms with E-state index in [9.17, 15) is 9.59 Å². The van der Waals surface area contributed by atoms with Crippen LogP contribution in [0, 0.1) is 0 Å². The first-order chi connectivity index (χ1) is 14.3. The van der Waals surface area contributed by atoms with Gasteiger partial charge in [0, 0.05) is 5.69 Å². The van der Waals surface area contributed by atoms with Crippen LogP contribution in [-0.2, 0) is 16.0 Å². The van der Waals surface area contributed by atoms with Gasteiger partial charge in [-0.3, -0.25) is 9.59 Å². The quantitative estimate of drug-likeness (QED) is 0.417. The van der Waals surface area contributed by atoms with Crippen molar-refractivity contribution in [3.05, 3.63) is 94.0 Å². The van der Waals surface area contributed by atoms with E-state index in [1.165, 1.54) is 0 Å². The van der Waals surface area contributed by atoms with Crippen LogP contribution in [0.1, 0.15) is 24.0 Å². The minimum absolute atomic E-state index is 0.0642. The molecule has 7 heteroatoms. The second-order valence-electron chi connectivity index (χ2n) is 6.42. The Balaban J connectivity index is 0.000000248. The predicted octanol–water partition coefficient (Wildman–Crippen LogP) is 6.24. The molecule has 0 aliphatic carbocycles.